The van der Waals surface area contributed by atoms with Crippen molar-refractivity contribution in [2.45, 2.75) is 56.9 Å². The van der Waals surface area contributed by atoms with E-state index in [1.54, 1.807) is 6.07 Å². The summed E-state index contributed by atoms with van der Waals surface area (Å²) in [5.74, 6) is -0.415. The van der Waals surface area contributed by atoms with Gasteiger partial charge < -0.3 is 10.2 Å². The van der Waals surface area contributed by atoms with Crippen LogP contribution in [0.3, 0.4) is 0 Å². The van der Waals surface area contributed by atoms with Gasteiger partial charge in [0.15, 0.2) is 0 Å². The Morgan fingerprint density at radius 3 is 2.83 bits per heavy atom. The van der Waals surface area contributed by atoms with E-state index >= 15 is 0 Å². The third kappa shape index (κ3) is 2.70. The SMILES string of the molecule is O=C1C[C@H](C(=O)N2CCC[C@@H]3CCCC[C@H]32)c2ccc(F)cc2N1. The zero-order valence-corrected chi connectivity index (χ0v) is 13.8. The van der Waals surface area contributed by atoms with Gasteiger partial charge in [-0.15, -0.1) is 0 Å². The second-order valence-corrected chi connectivity index (χ2v) is 7.32. The smallest absolute Gasteiger partial charge is 0.230 e. The van der Waals surface area contributed by atoms with Crippen LogP contribution in [0.15, 0.2) is 18.2 Å². The van der Waals surface area contributed by atoms with Crippen LogP contribution in [0.1, 0.15) is 56.4 Å². The topological polar surface area (TPSA) is 49.4 Å². The molecule has 1 aromatic carbocycles. The Kier molecular flexibility index (Phi) is 4.02. The number of rotatable bonds is 1. The molecule has 1 saturated heterocycles. The van der Waals surface area contributed by atoms with E-state index in [1.807, 2.05) is 4.90 Å². The molecule has 24 heavy (non-hydrogen) atoms. The molecule has 0 aromatic heterocycles. The lowest BCUT2D eigenvalue weighted by atomic mass is 9.77. The molecular formula is C19H23FN2O2. The fourth-order valence-corrected chi connectivity index (χ4v) is 4.76. The van der Waals surface area contributed by atoms with Gasteiger partial charge in [-0.2, -0.15) is 0 Å². The highest BCUT2D eigenvalue weighted by Gasteiger charge is 2.40. The van der Waals surface area contributed by atoms with Gasteiger partial charge >= 0.3 is 0 Å². The Morgan fingerprint density at radius 2 is 1.96 bits per heavy atom. The van der Waals surface area contributed by atoms with E-state index in [1.165, 1.54) is 37.8 Å². The van der Waals surface area contributed by atoms with E-state index in [9.17, 15) is 14.0 Å². The molecule has 0 spiro atoms. The Morgan fingerprint density at radius 1 is 1.17 bits per heavy atom. The highest BCUT2D eigenvalue weighted by molar-refractivity contribution is 6.01. The molecule has 0 radical (unpaired) electrons. The third-order valence-corrected chi connectivity index (χ3v) is 5.88. The first-order valence-electron chi connectivity index (χ1n) is 9.03. The lowest BCUT2D eigenvalue weighted by Gasteiger charge is -2.45. The van der Waals surface area contributed by atoms with Crippen molar-refractivity contribution in [1.82, 2.24) is 4.90 Å². The molecule has 2 heterocycles. The van der Waals surface area contributed by atoms with Gasteiger partial charge in [0, 0.05) is 24.7 Å². The number of amides is 2. The standard InChI is InChI=1S/C19H23FN2O2/c20-13-7-8-14-15(11-18(23)21-16(14)10-13)19(24)22-9-3-5-12-4-1-2-6-17(12)22/h7-8,10,12,15,17H,1-6,9,11H2,(H,21,23)/t12-,15-,17+/m0/s1. The molecule has 3 atom stereocenters. The maximum Gasteiger partial charge on any atom is 0.230 e. The van der Waals surface area contributed by atoms with Crippen LogP contribution >= 0.6 is 0 Å². The number of likely N-dealkylation sites (tertiary alicyclic amines) is 1. The summed E-state index contributed by atoms with van der Waals surface area (Å²) in [5, 5.41) is 2.70. The van der Waals surface area contributed by atoms with Crippen LogP contribution in [0.25, 0.3) is 0 Å². The normalized spacial score (nSPS) is 29.5. The van der Waals surface area contributed by atoms with E-state index in [0.29, 0.717) is 17.6 Å². The maximum atomic E-state index is 13.5. The number of piperidine rings is 1. The fourth-order valence-electron chi connectivity index (χ4n) is 4.76. The molecule has 1 N–H and O–H groups in total. The minimum Gasteiger partial charge on any atom is -0.339 e. The van der Waals surface area contributed by atoms with Gasteiger partial charge in [-0.1, -0.05) is 18.9 Å². The number of nitrogens with one attached hydrogen (secondary N) is 1. The minimum atomic E-state index is -0.477. The monoisotopic (exact) mass is 330 g/mol. The zero-order chi connectivity index (χ0) is 16.7. The molecule has 4 nitrogen and oxygen atoms in total. The average molecular weight is 330 g/mol. The summed E-state index contributed by atoms with van der Waals surface area (Å²) in [4.78, 5) is 27.3. The van der Waals surface area contributed by atoms with Crippen molar-refractivity contribution in [3.8, 4) is 0 Å². The van der Waals surface area contributed by atoms with Gasteiger partial charge in [-0.25, -0.2) is 4.39 Å². The van der Waals surface area contributed by atoms with Crippen molar-refractivity contribution in [2.24, 2.45) is 5.92 Å². The molecule has 1 aromatic rings. The number of benzene rings is 1. The van der Waals surface area contributed by atoms with Gasteiger partial charge in [-0.05, 0) is 49.3 Å². The quantitative estimate of drug-likeness (QED) is 0.857. The first kappa shape index (κ1) is 15.6. The van der Waals surface area contributed by atoms with Gasteiger partial charge in [-0.3, -0.25) is 9.59 Å². The summed E-state index contributed by atoms with van der Waals surface area (Å²) in [7, 11) is 0. The summed E-state index contributed by atoms with van der Waals surface area (Å²) in [6.07, 6.45) is 7.14. The molecule has 5 heteroatoms. The van der Waals surface area contributed by atoms with Crippen LogP contribution in [-0.4, -0.2) is 29.3 Å². The van der Waals surface area contributed by atoms with Crippen molar-refractivity contribution < 1.29 is 14.0 Å². The van der Waals surface area contributed by atoms with Crippen LogP contribution in [0.4, 0.5) is 10.1 Å². The fraction of sp³-hybridized carbons (Fsp3) is 0.579. The van der Waals surface area contributed by atoms with E-state index in [4.69, 9.17) is 0 Å². The van der Waals surface area contributed by atoms with Crippen LogP contribution < -0.4 is 5.32 Å². The molecular weight excluding hydrogens is 307 g/mol. The van der Waals surface area contributed by atoms with Gasteiger partial charge in [0.1, 0.15) is 5.82 Å². The van der Waals surface area contributed by atoms with E-state index in [2.05, 4.69) is 5.32 Å². The first-order chi connectivity index (χ1) is 11.6. The van der Waals surface area contributed by atoms with Gasteiger partial charge in [0.2, 0.25) is 11.8 Å². The highest BCUT2D eigenvalue weighted by atomic mass is 19.1. The predicted octanol–water partition coefficient (Wildman–Crippen LogP) is 3.43. The Balaban J connectivity index is 1.63. The average Bonchev–Trinajstić information content (AvgIpc) is 2.59. The van der Waals surface area contributed by atoms with Crippen LogP contribution in [0, 0.1) is 11.7 Å². The van der Waals surface area contributed by atoms with Crippen molar-refractivity contribution in [2.75, 3.05) is 11.9 Å². The molecule has 0 bridgehead atoms. The zero-order valence-electron chi connectivity index (χ0n) is 13.8. The van der Waals surface area contributed by atoms with Crippen LogP contribution in [0.5, 0.6) is 0 Å². The number of fused-ring (bicyclic) bond motifs is 2. The summed E-state index contributed by atoms with van der Waals surface area (Å²) >= 11 is 0. The third-order valence-electron chi connectivity index (χ3n) is 5.88. The molecule has 1 aliphatic carbocycles. The summed E-state index contributed by atoms with van der Waals surface area (Å²) in [5.41, 5.74) is 1.20. The van der Waals surface area contributed by atoms with Crippen LogP contribution in [-0.2, 0) is 9.59 Å². The van der Waals surface area contributed by atoms with Crippen molar-refractivity contribution in [1.29, 1.82) is 0 Å². The molecule has 3 aliphatic rings. The number of anilines is 1. The molecule has 2 amide bonds. The first-order valence-corrected chi connectivity index (χ1v) is 9.03. The molecule has 0 unspecified atom stereocenters. The Hall–Kier alpha value is -1.91. The minimum absolute atomic E-state index is 0.0503. The number of hydrogen-bond acceptors (Lipinski definition) is 2. The van der Waals surface area contributed by atoms with E-state index in [0.717, 1.165) is 24.9 Å². The molecule has 128 valence electrons. The van der Waals surface area contributed by atoms with E-state index in [-0.39, 0.29) is 18.2 Å². The number of nitrogens with zero attached hydrogens (tertiary/aromatic N) is 1. The second kappa shape index (κ2) is 6.19. The number of halogens is 1. The molecule has 2 aliphatic heterocycles. The Labute approximate surface area is 141 Å². The lowest BCUT2D eigenvalue weighted by molar-refractivity contribution is -0.140. The summed E-state index contributed by atoms with van der Waals surface area (Å²) in [6.45, 7) is 0.786. The van der Waals surface area contributed by atoms with Crippen molar-refractivity contribution >= 4 is 17.5 Å². The molecule has 4 rings (SSSR count). The summed E-state index contributed by atoms with van der Waals surface area (Å²) in [6, 6.07) is 4.66. The largest absolute Gasteiger partial charge is 0.339 e. The molecule has 2 fully saturated rings. The number of carbonyl (C=O) groups excluding carboxylic acids is 2. The van der Waals surface area contributed by atoms with Crippen molar-refractivity contribution in [3.63, 3.8) is 0 Å². The maximum absolute atomic E-state index is 13.5. The Bertz CT molecular complexity index is 673. The predicted molar refractivity (Wildman–Crippen MR) is 89.1 cm³/mol. The molecule has 1 saturated carbocycles. The number of hydrogen-bond donors (Lipinski definition) is 1. The second-order valence-electron chi connectivity index (χ2n) is 7.32. The van der Waals surface area contributed by atoms with E-state index < -0.39 is 11.7 Å². The van der Waals surface area contributed by atoms with Crippen molar-refractivity contribution in [3.05, 3.63) is 29.6 Å². The van der Waals surface area contributed by atoms with Gasteiger partial charge in [0.25, 0.3) is 0 Å². The summed E-state index contributed by atoms with van der Waals surface area (Å²) < 4.78 is 13.5. The highest BCUT2D eigenvalue weighted by Crippen LogP contribution is 2.39. The van der Waals surface area contributed by atoms with Crippen LogP contribution in [0.2, 0.25) is 0 Å². The lowest BCUT2D eigenvalue weighted by Crippen LogP contribution is -2.51. The van der Waals surface area contributed by atoms with Gasteiger partial charge in [0.05, 0.1) is 5.92 Å². The number of carbonyl (C=O) groups is 2.